The molecule has 3 atom stereocenters. The van der Waals surface area contributed by atoms with Gasteiger partial charge in [0, 0.05) is 43.3 Å². The number of aliphatic hydroxyl groups is 1. The molecule has 1 aromatic heterocycles. The minimum Gasteiger partial charge on any atom is -0.397 e. The van der Waals surface area contributed by atoms with Crippen LogP contribution in [0.3, 0.4) is 0 Å². The number of amides is 2. The Morgan fingerprint density at radius 3 is 2.31 bits per heavy atom. The third kappa shape index (κ3) is 10.0. The van der Waals surface area contributed by atoms with Crippen LogP contribution >= 0.6 is 11.8 Å². The van der Waals surface area contributed by atoms with E-state index in [2.05, 4.69) is 27.8 Å². The molecule has 5 N–H and O–H groups in total. The standard InChI is InChI=1S/C41H42N4O5S/c42-35-10-3-4-11-36(35)45-39(48)13-7-12-38(47)44-25-32-8-1-2-9-34(32)29-19-21-31(22-20-29)41-49-33(27-51-40-14-5-6-23-43-40)24-37(50-41)30-17-15-28(26-46)16-18-30/h1-6,8-11,14-23,33,37,41,46H,7,12-13,24-27,42H2,(H,44,47)(H,45,48)/t33-,37+,41+/m1/s1. The number of carbonyl (C=O) groups excluding carboxylic acids is 2. The van der Waals surface area contributed by atoms with Crippen LogP contribution in [0.2, 0.25) is 0 Å². The summed E-state index contributed by atoms with van der Waals surface area (Å²) in [4.78, 5) is 29.5. The average Bonchev–Trinajstić information content (AvgIpc) is 3.17. The van der Waals surface area contributed by atoms with Crippen molar-refractivity contribution in [2.45, 2.75) is 62.4 Å². The summed E-state index contributed by atoms with van der Waals surface area (Å²) in [5, 5.41) is 16.3. The van der Waals surface area contributed by atoms with Gasteiger partial charge in [-0.25, -0.2) is 4.98 Å². The number of hydrogen-bond donors (Lipinski definition) is 4. The van der Waals surface area contributed by atoms with Crippen LogP contribution in [-0.4, -0.2) is 33.8 Å². The van der Waals surface area contributed by atoms with Crippen molar-refractivity contribution in [3.05, 3.63) is 144 Å². The topological polar surface area (TPSA) is 136 Å². The summed E-state index contributed by atoms with van der Waals surface area (Å²) in [6.45, 7) is 0.361. The maximum absolute atomic E-state index is 12.7. The van der Waals surface area contributed by atoms with Gasteiger partial charge in [0.25, 0.3) is 0 Å². The van der Waals surface area contributed by atoms with Gasteiger partial charge in [-0.2, -0.15) is 0 Å². The Labute approximate surface area is 302 Å². The molecule has 0 spiro atoms. The second-order valence-electron chi connectivity index (χ2n) is 12.4. The van der Waals surface area contributed by atoms with Crippen molar-refractivity contribution in [2.75, 3.05) is 16.8 Å². The van der Waals surface area contributed by atoms with Gasteiger partial charge >= 0.3 is 0 Å². The fourth-order valence-electron chi connectivity index (χ4n) is 5.92. The van der Waals surface area contributed by atoms with Crippen LogP contribution in [0, 0.1) is 0 Å². The summed E-state index contributed by atoms with van der Waals surface area (Å²) in [5.41, 5.74) is 12.8. The first-order valence-electron chi connectivity index (χ1n) is 17.1. The molecule has 1 fully saturated rings. The van der Waals surface area contributed by atoms with Crippen LogP contribution in [-0.2, 0) is 32.2 Å². The van der Waals surface area contributed by atoms with E-state index >= 15 is 0 Å². The lowest BCUT2D eigenvalue weighted by Crippen LogP contribution is -2.31. The Kier molecular flexibility index (Phi) is 12.5. The Bertz CT molecular complexity index is 1890. The van der Waals surface area contributed by atoms with E-state index in [1.54, 1.807) is 30.1 Å². The number of pyridine rings is 1. The van der Waals surface area contributed by atoms with E-state index in [1.807, 2.05) is 91.0 Å². The fraction of sp³-hybridized carbons (Fsp3) is 0.244. The van der Waals surface area contributed by atoms with Gasteiger partial charge in [-0.15, -0.1) is 11.8 Å². The van der Waals surface area contributed by atoms with E-state index < -0.39 is 6.29 Å². The number of nitrogen functional groups attached to an aromatic ring is 1. The van der Waals surface area contributed by atoms with Gasteiger partial charge in [0.15, 0.2) is 6.29 Å². The van der Waals surface area contributed by atoms with E-state index in [-0.39, 0.29) is 43.5 Å². The van der Waals surface area contributed by atoms with Crippen LogP contribution in [0.4, 0.5) is 11.4 Å². The highest BCUT2D eigenvalue weighted by molar-refractivity contribution is 7.99. The second kappa shape index (κ2) is 17.8. The van der Waals surface area contributed by atoms with Gasteiger partial charge < -0.3 is 30.9 Å². The van der Waals surface area contributed by atoms with E-state index in [0.717, 1.165) is 44.2 Å². The van der Waals surface area contributed by atoms with Gasteiger partial charge in [0.2, 0.25) is 11.8 Å². The lowest BCUT2D eigenvalue weighted by atomic mass is 9.97. The number of ether oxygens (including phenoxy) is 2. The number of rotatable bonds is 14. The number of benzene rings is 4. The molecule has 2 amide bonds. The highest BCUT2D eigenvalue weighted by atomic mass is 32.2. The summed E-state index contributed by atoms with van der Waals surface area (Å²) < 4.78 is 13.1. The highest BCUT2D eigenvalue weighted by Crippen LogP contribution is 2.40. The number of thioether (sulfide) groups is 1. The molecule has 5 aromatic rings. The normalized spacial score (nSPS) is 17.1. The molecule has 4 aromatic carbocycles. The number of carbonyl (C=O) groups is 2. The quantitative estimate of drug-likeness (QED) is 0.0687. The molecule has 1 aliphatic heterocycles. The van der Waals surface area contributed by atoms with Crippen molar-refractivity contribution < 1.29 is 24.2 Å². The van der Waals surface area contributed by atoms with E-state index in [9.17, 15) is 14.7 Å². The summed E-state index contributed by atoms with van der Waals surface area (Å²) >= 11 is 1.66. The molecule has 262 valence electrons. The maximum atomic E-state index is 12.7. The third-order valence-corrected chi connectivity index (χ3v) is 9.78. The molecule has 0 saturated carbocycles. The summed E-state index contributed by atoms with van der Waals surface area (Å²) in [6, 6.07) is 37.0. The van der Waals surface area contributed by atoms with Gasteiger partial charge in [-0.05, 0) is 58.5 Å². The molecule has 10 heteroatoms. The SMILES string of the molecule is Nc1ccccc1NC(=O)CCCC(=O)NCc1ccccc1-c1ccc([C@H]2O[C@@H](CSc3ccccn3)C[C@@H](c3ccc(CO)cc3)O2)cc1. The molecular formula is C41H42N4O5S. The minimum absolute atomic E-state index is 0.00502. The Balaban J connectivity index is 1.07. The van der Waals surface area contributed by atoms with Crippen LogP contribution in [0.15, 0.2) is 126 Å². The van der Waals surface area contributed by atoms with Crippen molar-refractivity contribution in [2.24, 2.45) is 0 Å². The Hall–Kier alpha value is -5.00. The number of hydrogen-bond acceptors (Lipinski definition) is 8. The maximum Gasteiger partial charge on any atom is 0.224 e. The van der Waals surface area contributed by atoms with Crippen molar-refractivity contribution >= 4 is 35.0 Å². The van der Waals surface area contributed by atoms with Crippen molar-refractivity contribution in [3.63, 3.8) is 0 Å². The van der Waals surface area contributed by atoms with Crippen molar-refractivity contribution in [1.29, 1.82) is 0 Å². The zero-order valence-electron chi connectivity index (χ0n) is 28.2. The molecule has 0 radical (unpaired) electrons. The first-order chi connectivity index (χ1) is 24.9. The first kappa shape index (κ1) is 35.8. The number of anilines is 2. The van der Waals surface area contributed by atoms with Crippen molar-refractivity contribution in [3.8, 4) is 11.1 Å². The number of aromatic nitrogens is 1. The molecule has 51 heavy (non-hydrogen) atoms. The van der Waals surface area contributed by atoms with Gasteiger partial charge in [0.05, 0.1) is 35.2 Å². The predicted octanol–water partition coefficient (Wildman–Crippen LogP) is 7.59. The molecule has 0 unspecified atom stereocenters. The number of nitrogens with zero attached hydrogens (tertiary/aromatic N) is 1. The minimum atomic E-state index is -0.564. The summed E-state index contributed by atoms with van der Waals surface area (Å²) in [7, 11) is 0. The van der Waals surface area contributed by atoms with E-state index in [1.165, 1.54) is 0 Å². The predicted molar refractivity (Wildman–Crippen MR) is 200 cm³/mol. The van der Waals surface area contributed by atoms with Crippen LogP contribution in [0.5, 0.6) is 0 Å². The zero-order chi connectivity index (χ0) is 35.4. The number of aliphatic hydroxyl groups excluding tert-OH is 1. The van der Waals surface area contributed by atoms with Crippen LogP contribution < -0.4 is 16.4 Å². The lowest BCUT2D eigenvalue weighted by molar-refractivity contribution is -0.245. The number of para-hydroxylation sites is 2. The van der Waals surface area contributed by atoms with E-state index in [4.69, 9.17) is 15.2 Å². The lowest BCUT2D eigenvalue weighted by Gasteiger charge is -2.36. The highest BCUT2D eigenvalue weighted by Gasteiger charge is 2.32. The summed E-state index contributed by atoms with van der Waals surface area (Å²) in [5.74, 6) is 0.440. The molecule has 1 aliphatic rings. The average molecular weight is 703 g/mol. The molecule has 6 rings (SSSR count). The molecule has 9 nitrogen and oxygen atoms in total. The summed E-state index contributed by atoms with van der Waals surface area (Å²) in [6.07, 6.45) is 2.57. The van der Waals surface area contributed by atoms with Gasteiger partial charge in [0.1, 0.15) is 0 Å². The van der Waals surface area contributed by atoms with E-state index in [0.29, 0.717) is 30.8 Å². The zero-order valence-corrected chi connectivity index (χ0v) is 29.1. The number of nitrogens with one attached hydrogen (secondary N) is 2. The van der Waals surface area contributed by atoms with Crippen LogP contribution in [0.25, 0.3) is 11.1 Å². The largest absolute Gasteiger partial charge is 0.397 e. The fourth-order valence-corrected chi connectivity index (χ4v) is 6.81. The first-order valence-corrected chi connectivity index (χ1v) is 18.1. The molecule has 2 heterocycles. The Morgan fingerprint density at radius 2 is 1.55 bits per heavy atom. The monoisotopic (exact) mass is 702 g/mol. The van der Waals surface area contributed by atoms with Crippen molar-refractivity contribution in [1.82, 2.24) is 10.3 Å². The molecular weight excluding hydrogens is 661 g/mol. The Morgan fingerprint density at radius 1 is 0.824 bits per heavy atom. The van der Waals surface area contributed by atoms with Crippen LogP contribution in [0.1, 0.15) is 60.3 Å². The van der Waals surface area contributed by atoms with Gasteiger partial charge in [-0.3, -0.25) is 9.59 Å². The second-order valence-corrected chi connectivity index (χ2v) is 13.4. The van der Waals surface area contributed by atoms with Gasteiger partial charge in [-0.1, -0.05) is 91.0 Å². The molecule has 1 saturated heterocycles. The smallest absolute Gasteiger partial charge is 0.224 e. The number of nitrogens with two attached hydrogens (primary N) is 1. The molecule has 0 bridgehead atoms. The molecule has 0 aliphatic carbocycles. The third-order valence-electron chi connectivity index (χ3n) is 8.70.